The van der Waals surface area contributed by atoms with Gasteiger partial charge < -0.3 is 50.3 Å². The average Bonchev–Trinajstić information content (AvgIpc) is 2.56. The molecule has 0 saturated carbocycles. The molecule has 0 aromatic carbocycles. The normalized spacial score (nSPS) is 35.6. The minimum atomic E-state index is -2.05. The fraction of sp³-hybridized carbons (Fsp3) is 0.917. The zero-order chi connectivity index (χ0) is 17.7. The van der Waals surface area contributed by atoms with Gasteiger partial charge in [0.05, 0.1) is 13.2 Å². The second-order valence-electron chi connectivity index (χ2n) is 5.16. The first-order valence-corrected chi connectivity index (χ1v) is 6.84. The van der Waals surface area contributed by atoms with Gasteiger partial charge in [-0.3, -0.25) is 4.79 Å². The summed E-state index contributed by atoms with van der Waals surface area (Å²) in [5.41, 5.74) is 0. The van der Waals surface area contributed by atoms with Crippen molar-refractivity contribution >= 4 is 5.78 Å². The number of rotatable bonds is 8. The van der Waals surface area contributed by atoms with Crippen LogP contribution in [-0.2, 0) is 14.3 Å². The van der Waals surface area contributed by atoms with E-state index in [1.807, 2.05) is 0 Å². The van der Waals surface area contributed by atoms with E-state index in [1.54, 1.807) is 0 Å². The Labute approximate surface area is 130 Å². The summed E-state index contributed by atoms with van der Waals surface area (Å²) in [7, 11) is 0. The third-order valence-corrected chi connectivity index (χ3v) is 3.47. The Hall–Kier alpha value is -0.730. The van der Waals surface area contributed by atoms with Crippen molar-refractivity contribution in [3.05, 3.63) is 0 Å². The van der Waals surface area contributed by atoms with E-state index < -0.39 is 74.6 Å². The summed E-state index contributed by atoms with van der Waals surface area (Å²) in [6.45, 7) is -2.42. The lowest BCUT2D eigenvalue weighted by atomic mass is 9.99. The van der Waals surface area contributed by atoms with Gasteiger partial charge in [0, 0.05) is 0 Å². The highest BCUT2D eigenvalue weighted by molar-refractivity contribution is 5.84. The second kappa shape index (κ2) is 8.94. The molecule has 8 N–H and O–H groups in total. The first kappa shape index (κ1) is 20.3. The molecular weight excluding hydrogens is 320 g/mol. The molecule has 23 heavy (non-hydrogen) atoms. The molecule has 0 aromatic rings. The van der Waals surface area contributed by atoms with Gasteiger partial charge in [-0.05, 0) is 0 Å². The average molecular weight is 342 g/mol. The molecule has 1 heterocycles. The predicted molar refractivity (Wildman–Crippen MR) is 69.8 cm³/mol. The number of carbonyl (C=O) groups excluding carboxylic acids is 1. The fourth-order valence-corrected chi connectivity index (χ4v) is 1.96. The molecule has 0 bridgehead atoms. The number of carbonyl (C=O) groups is 1. The Bertz CT molecular complexity index is 376. The van der Waals surface area contributed by atoms with Crippen LogP contribution in [0.15, 0.2) is 0 Å². The molecule has 0 aliphatic carbocycles. The molecule has 1 aliphatic heterocycles. The number of ketones is 1. The van der Waals surface area contributed by atoms with Crippen LogP contribution in [-0.4, -0.2) is 115 Å². The smallest absolute Gasteiger partial charge is 0.189 e. The maximum atomic E-state index is 11.6. The van der Waals surface area contributed by atoms with Crippen molar-refractivity contribution < 1.29 is 55.1 Å². The Kier molecular flexibility index (Phi) is 7.89. The van der Waals surface area contributed by atoms with E-state index in [2.05, 4.69) is 0 Å². The van der Waals surface area contributed by atoms with Crippen LogP contribution in [0.25, 0.3) is 0 Å². The molecule has 0 radical (unpaired) electrons. The topological polar surface area (TPSA) is 197 Å². The Morgan fingerprint density at radius 3 is 2.17 bits per heavy atom. The summed E-state index contributed by atoms with van der Waals surface area (Å²) in [6, 6.07) is 0. The van der Waals surface area contributed by atoms with E-state index >= 15 is 0 Å². The molecule has 1 rings (SSSR count). The number of hydrogen-bond acceptors (Lipinski definition) is 11. The monoisotopic (exact) mass is 342 g/mol. The van der Waals surface area contributed by atoms with Gasteiger partial charge >= 0.3 is 0 Å². The first-order valence-electron chi connectivity index (χ1n) is 6.84. The molecule has 11 nitrogen and oxygen atoms in total. The SMILES string of the molecule is O=C(CO[C@@H]1O[C@H](CO)[C@@H](O)[C@H](O)[C@H]1O)[C@@H](O)[C@H](O)[C@@H](O)CO. The van der Waals surface area contributed by atoms with E-state index in [0.29, 0.717) is 0 Å². The zero-order valence-electron chi connectivity index (χ0n) is 12.0. The van der Waals surface area contributed by atoms with Crippen molar-refractivity contribution in [3.8, 4) is 0 Å². The minimum absolute atomic E-state index is 0.678. The fourth-order valence-electron chi connectivity index (χ4n) is 1.96. The third-order valence-electron chi connectivity index (χ3n) is 3.47. The first-order chi connectivity index (χ1) is 10.7. The quantitative estimate of drug-likeness (QED) is 0.209. The molecular formula is C12H22O11. The van der Waals surface area contributed by atoms with Crippen molar-refractivity contribution in [1.29, 1.82) is 0 Å². The van der Waals surface area contributed by atoms with Gasteiger partial charge in [0.2, 0.25) is 0 Å². The van der Waals surface area contributed by atoms with Crippen LogP contribution in [0.1, 0.15) is 0 Å². The lowest BCUT2D eigenvalue weighted by Crippen LogP contribution is -2.59. The summed E-state index contributed by atoms with van der Waals surface area (Å²) in [4.78, 5) is 11.6. The van der Waals surface area contributed by atoms with E-state index in [1.165, 1.54) is 0 Å². The van der Waals surface area contributed by atoms with Crippen molar-refractivity contribution in [2.75, 3.05) is 19.8 Å². The molecule has 0 spiro atoms. The number of hydrogen-bond donors (Lipinski definition) is 8. The number of aliphatic hydroxyl groups excluding tert-OH is 8. The van der Waals surface area contributed by atoms with Crippen molar-refractivity contribution in [3.63, 3.8) is 0 Å². The van der Waals surface area contributed by atoms with E-state index in [-0.39, 0.29) is 0 Å². The molecule has 0 amide bonds. The maximum absolute atomic E-state index is 11.6. The van der Waals surface area contributed by atoms with E-state index in [9.17, 15) is 30.3 Å². The molecule has 0 aromatic heterocycles. The van der Waals surface area contributed by atoms with Crippen molar-refractivity contribution in [2.45, 2.75) is 49.0 Å². The van der Waals surface area contributed by atoms with Crippen LogP contribution < -0.4 is 0 Å². The summed E-state index contributed by atoms with van der Waals surface area (Å²) in [6.07, 6.45) is -13.5. The minimum Gasteiger partial charge on any atom is -0.394 e. The maximum Gasteiger partial charge on any atom is 0.189 e. The van der Waals surface area contributed by atoms with Crippen LogP contribution in [0.5, 0.6) is 0 Å². The zero-order valence-corrected chi connectivity index (χ0v) is 12.0. The van der Waals surface area contributed by atoms with Gasteiger partial charge in [-0.25, -0.2) is 0 Å². The van der Waals surface area contributed by atoms with E-state index in [4.69, 9.17) is 24.8 Å². The summed E-state index contributed by atoms with van der Waals surface area (Å²) < 4.78 is 9.85. The van der Waals surface area contributed by atoms with Gasteiger partial charge in [-0.1, -0.05) is 0 Å². The Morgan fingerprint density at radius 1 is 1.04 bits per heavy atom. The van der Waals surface area contributed by atoms with Crippen LogP contribution in [0.2, 0.25) is 0 Å². The predicted octanol–water partition coefficient (Wildman–Crippen LogP) is -5.55. The van der Waals surface area contributed by atoms with Gasteiger partial charge in [0.15, 0.2) is 12.1 Å². The summed E-state index contributed by atoms with van der Waals surface area (Å²) in [5.74, 6) is -1.08. The highest BCUT2D eigenvalue weighted by atomic mass is 16.7. The second-order valence-corrected chi connectivity index (χ2v) is 5.16. The summed E-state index contributed by atoms with van der Waals surface area (Å²) >= 11 is 0. The highest BCUT2D eigenvalue weighted by Gasteiger charge is 2.44. The van der Waals surface area contributed by atoms with Crippen molar-refractivity contribution in [2.24, 2.45) is 0 Å². The third kappa shape index (κ3) is 4.87. The van der Waals surface area contributed by atoms with Gasteiger partial charge in [0.1, 0.15) is 49.3 Å². The Morgan fingerprint density at radius 2 is 1.65 bits per heavy atom. The molecule has 0 unspecified atom stereocenters. The van der Waals surface area contributed by atoms with Crippen LogP contribution in [0.3, 0.4) is 0 Å². The molecule has 1 fully saturated rings. The molecule has 11 heteroatoms. The van der Waals surface area contributed by atoms with Crippen LogP contribution in [0.4, 0.5) is 0 Å². The molecule has 1 saturated heterocycles. The van der Waals surface area contributed by atoms with Gasteiger partial charge in [-0.2, -0.15) is 0 Å². The summed E-state index contributed by atoms with van der Waals surface area (Å²) in [5, 5.41) is 74.4. The number of ether oxygens (including phenoxy) is 2. The molecule has 8 atom stereocenters. The van der Waals surface area contributed by atoms with Gasteiger partial charge in [-0.15, -0.1) is 0 Å². The van der Waals surface area contributed by atoms with Crippen LogP contribution >= 0.6 is 0 Å². The van der Waals surface area contributed by atoms with Gasteiger partial charge in [0.25, 0.3) is 0 Å². The number of aliphatic hydroxyl groups is 8. The standard InChI is InChI=1S/C12H22O11/c13-1-4(15)7(17)8(18)5(16)3-22-12-11(21)10(20)9(19)6(2-14)23-12/h4,6-15,17-21H,1-3H2/t4-,6+,7+,8+,9+,10-,11+,12+/m0/s1. The highest BCUT2D eigenvalue weighted by Crippen LogP contribution is 2.22. The number of Topliss-reactive ketones (excluding diaryl/α,β-unsaturated/α-hetero) is 1. The molecule has 1 aliphatic rings. The Balaban J connectivity index is 2.57. The molecule has 136 valence electrons. The lowest BCUT2D eigenvalue weighted by molar-refractivity contribution is -0.299. The van der Waals surface area contributed by atoms with E-state index in [0.717, 1.165) is 0 Å². The van der Waals surface area contributed by atoms with Crippen LogP contribution in [0, 0.1) is 0 Å². The largest absolute Gasteiger partial charge is 0.394 e. The van der Waals surface area contributed by atoms with Crippen molar-refractivity contribution in [1.82, 2.24) is 0 Å². The lowest BCUT2D eigenvalue weighted by Gasteiger charge is -2.39.